The maximum atomic E-state index is 12.3. The first-order chi connectivity index (χ1) is 11.4. The summed E-state index contributed by atoms with van der Waals surface area (Å²) >= 11 is 21.4. The van der Waals surface area contributed by atoms with Gasteiger partial charge in [-0.15, -0.1) is 0 Å². The highest BCUT2D eigenvalue weighted by Crippen LogP contribution is 2.29. The average molecular weight is 429 g/mol. The number of hydrogen-bond donors (Lipinski definition) is 4. The summed E-state index contributed by atoms with van der Waals surface area (Å²) < 4.78 is -1.11. The monoisotopic (exact) mass is 427 g/mol. The molecule has 0 heterocycles. The summed E-state index contributed by atoms with van der Waals surface area (Å²) in [7, 11) is 0. The van der Waals surface area contributed by atoms with Gasteiger partial charge in [-0.1, -0.05) is 61.5 Å². The Labute approximate surface area is 165 Å². The molecule has 3 N–H and O–H groups in total. The molecule has 1 aromatic carbocycles. The van der Waals surface area contributed by atoms with Crippen LogP contribution in [0.1, 0.15) is 24.2 Å². The Morgan fingerprint density at radius 2 is 1.64 bits per heavy atom. The Kier molecular flexibility index (Phi) is 7.67. The second-order valence-corrected chi connectivity index (χ2v) is 8.02. The van der Waals surface area contributed by atoms with Crippen LogP contribution in [0.5, 0.6) is 0 Å². The van der Waals surface area contributed by atoms with E-state index in [9.17, 15) is 14.4 Å². The van der Waals surface area contributed by atoms with Gasteiger partial charge in [-0.2, -0.15) is 0 Å². The molecule has 1 aromatic rings. The minimum atomic E-state index is -2.00. The summed E-state index contributed by atoms with van der Waals surface area (Å²) in [6, 6.07) is 4.59. The number of anilines is 1. The number of hydrogen-bond acceptors (Lipinski definition) is 4. The van der Waals surface area contributed by atoms with Crippen molar-refractivity contribution in [2.45, 2.75) is 23.8 Å². The highest BCUT2D eigenvalue weighted by Gasteiger charge is 2.36. The van der Waals surface area contributed by atoms with Gasteiger partial charge < -0.3 is 15.7 Å². The normalized spacial score (nSPS) is 12.4. The third kappa shape index (κ3) is 6.47. The fourth-order valence-electron chi connectivity index (χ4n) is 1.56. The van der Waals surface area contributed by atoms with Crippen LogP contribution in [0.15, 0.2) is 24.3 Å². The Bertz CT molecular complexity index is 650. The fraction of sp³-hybridized carbons (Fsp3) is 0.357. The zero-order valence-electron chi connectivity index (χ0n) is 13.2. The van der Waals surface area contributed by atoms with E-state index in [1.54, 1.807) is 13.8 Å². The van der Waals surface area contributed by atoms with Gasteiger partial charge in [0.05, 0.1) is 11.3 Å². The van der Waals surface area contributed by atoms with Crippen molar-refractivity contribution < 1.29 is 19.5 Å². The Hall–Kier alpha value is -1.35. The second-order valence-electron chi connectivity index (χ2n) is 5.25. The van der Waals surface area contributed by atoms with E-state index in [2.05, 4.69) is 23.4 Å². The number of carboxylic acid groups (broad SMARTS) is 1. The van der Waals surface area contributed by atoms with Crippen molar-refractivity contribution in [3.8, 4) is 0 Å². The predicted molar refractivity (Wildman–Crippen MR) is 100 cm³/mol. The van der Waals surface area contributed by atoms with E-state index in [1.165, 1.54) is 24.3 Å². The van der Waals surface area contributed by atoms with Crippen molar-refractivity contribution in [2.24, 2.45) is 5.92 Å². The molecule has 0 aromatic heterocycles. The highest BCUT2D eigenvalue weighted by atomic mass is 35.6. The summed E-state index contributed by atoms with van der Waals surface area (Å²) in [6.45, 7) is 3.28. The predicted octanol–water partition coefficient (Wildman–Crippen LogP) is 3.21. The molecule has 0 saturated carbocycles. The molecule has 0 saturated heterocycles. The lowest BCUT2D eigenvalue weighted by atomic mass is 10.2. The summed E-state index contributed by atoms with van der Waals surface area (Å²) in [6.07, 6.45) is -1.30. The van der Waals surface area contributed by atoms with E-state index in [1.807, 2.05) is 0 Å². The topological polar surface area (TPSA) is 98.7 Å². The van der Waals surface area contributed by atoms with Crippen LogP contribution in [0.2, 0.25) is 0 Å². The van der Waals surface area contributed by atoms with Gasteiger partial charge in [0.15, 0.2) is 6.17 Å². The van der Waals surface area contributed by atoms with E-state index in [4.69, 9.17) is 39.9 Å². The van der Waals surface area contributed by atoms with Crippen molar-refractivity contribution in [1.82, 2.24) is 10.6 Å². The SMILES string of the molecule is CC(C)C(=O)NC(NC(=O)N(S)c1ccc(C(=O)O)cc1)C(Cl)(Cl)Cl. The molecule has 138 valence electrons. The quantitative estimate of drug-likeness (QED) is 0.329. The van der Waals surface area contributed by atoms with Crippen LogP contribution >= 0.6 is 47.6 Å². The first kappa shape index (κ1) is 21.7. The third-order valence-electron chi connectivity index (χ3n) is 2.96. The fourth-order valence-corrected chi connectivity index (χ4v) is 2.07. The van der Waals surface area contributed by atoms with E-state index in [0.717, 1.165) is 4.31 Å². The first-order valence-electron chi connectivity index (χ1n) is 6.93. The Balaban J connectivity index is 2.88. The smallest absolute Gasteiger partial charge is 0.335 e. The molecular weight excluding hydrogens is 413 g/mol. The molecule has 11 heteroatoms. The molecule has 1 unspecified atom stereocenters. The van der Waals surface area contributed by atoms with Crippen LogP contribution in [-0.4, -0.2) is 33.0 Å². The molecule has 7 nitrogen and oxygen atoms in total. The summed E-state index contributed by atoms with van der Waals surface area (Å²) in [5, 5.41) is 13.6. The summed E-state index contributed by atoms with van der Waals surface area (Å²) in [5.74, 6) is -1.91. The molecule has 1 rings (SSSR count). The number of nitrogens with zero attached hydrogens (tertiary/aromatic N) is 1. The van der Waals surface area contributed by atoms with Crippen LogP contribution in [-0.2, 0) is 4.79 Å². The number of aromatic carboxylic acids is 1. The van der Waals surface area contributed by atoms with Crippen molar-refractivity contribution >= 4 is 71.2 Å². The van der Waals surface area contributed by atoms with Crippen LogP contribution in [0, 0.1) is 5.92 Å². The van der Waals surface area contributed by atoms with Crippen molar-refractivity contribution in [1.29, 1.82) is 0 Å². The van der Waals surface area contributed by atoms with Crippen LogP contribution in [0.25, 0.3) is 0 Å². The number of halogens is 3. The minimum absolute atomic E-state index is 0.0502. The molecule has 0 aliphatic carbocycles. The van der Waals surface area contributed by atoms with E-state index in [0.29, 0.717) is 0 Å². The number of benzene rings is 1. The number of alkyl halides is 3. The van der Waals surface area contributed by atoms with Crippen molar-refractivity contribution in [3.05, 3.63) is 29.8 Å². The zero-order valence-corrected chi connectivity index (χ0v) is 16.3. The Morgan fingerprint density at radius 1 is 1.12 bits per heavy atom. The van der Waals surface area contributed by atoms with Gasteiger partial charge >= 0.3 is 12.0 Å². The summed E-state index contributed by atoms with van der Waals surface area (Å²) in [4.78, 5) is 34.9. The lowest BCUT2D eigenvalue weighted by Crippen LogP contribution is -2.57. The largest absolute Gasteiger partial charge is 0.478 e. The lowest BCUT2D eigenvalue weighted by Gasteiger charge is -2.29. The van der Waals surface area contributed by atoms with Gasteiger partial charge in [0.2, 0.25) is 9.70 Å². The molecule has 0 spiro atoms. The number of carbonyl (C=O) groups excluding carboxylic acids is 2. The summed E-state index contributed by atoms with van der Waals surface area (Å²) in [5.41, 5.74) is 0.332. The maximum Gasteiger partial charge on any atom is 0.335 e. The van der Waals surface area contributed by atoms with Gasteiger partial charge in [0.1, 0.15) is 0 Å². The van der Waals surface area contributed by atoms with Crippen LogP contribution in [0.3, 0.4) is 0 Å². The number of nitrogens with one attached hydrogen (secondary N) is 2. The molecule has 0 radical (unpaired) electrons. The molecule has 25 heavy (non-hydrogen) atoms. The second kappa shape index (κ2) is 8.84. The Morgan fingerprint density at radius 3 is 2.04 bits per heavy atom. The number of carboxylic acids is 1. The van der Waals surface area contributed by atoms with Crippen molar-refractivity contribution in [3.63, 3.8) is 0 Å². The molecule has 3 amide bonds. The van der Waals surface area contributed by atoms with E-state index >= 15 is 0 Å². The van der Waals surface area contributed by atoms with Crippen LogP contribution in [0.4, 0.5) is 10.5 Å². The molecule has 0 bridgehead atoms. The molecular formula is C14H16Cl3N3O4S. The minimum Gasteiger partial charge on any atom is -0.478 e. The number of thiol groups is 1. The number of rotatable bonds is 5. The lowest BCUT2D eigenvalue weighted by molar-refractivity contribution is -0.124. The molecule has 0 aliphatic rings. The van der Waals surface area contributed by atoms with Gasteiger partial charge in [-0.25, -0.2) is 13.9 Å². The maximum absolute atomic E-state index is 12.3. The first-order valence-corrected chi connectivity index (χ1v) is 8.46. The van der Waals surface area contributed by atoms with Gasteiger partial charge in [0.25, 0.3) is 0 Å². The zero-order chi connectivity index (χ0) is 19.4. The number of carbonyl (C=O) groups is 3. The average Bonchev–Trinajstić information content (AvgIpc) is 2.52. The van der Waals surface area contributed by atoms with Gasteiger partial charge in [-0.05, 0) is 24.3 Å². The molecule has 0 fully saturated rings. The number of amides is 3. The van der Waals surface area contributed by atoms with Gasteiger partial charge in [0, 0.05) is 5.92 Å². The van der Waals surface area contributed by atoms with Crippen molar-refractivity contribution in [2.75, 3.05) is 4.31 Å². The standard InChI is InChI=1S/C14H16Cl3N3O4S/c1-7(2)10(21)18-12(14(15,16)17)19-13(24)20(25)9-5-3-8(4-6-9)11(22)23/h3-7,12,25H,1-2H3,(H,18,21)(H,19,24)(H,22,23). The van der Waals surface area contributed by atoms with E-state index in [-0.39, 0.29) is 17.2 Å². The van der Waals surface area contributed by atoms with Gasteiger partial charge in [-0.3, -0.25) is 4.79 Å². The molecule has 0 aliphatic heterocycles. The third-order valence-corrected chi connectivity index (χ3v) is 4.02. The van der Waals surface area contributed by atoms with Crippen LogP contribution < -0.4 is 14.9 Å². The van der Waals surface area contributed by atoms with E-state index < -0.39 is 27.9 Å². The highest BCUT2D eigenvalue weighted by molar-refractivity contribution is 7.82. The molecule has 1 atom stereocenters. The number of urea groups is 1.